The number of carbonyl (C=O) groups is 1. The van der Waals surface area contributed by atoms with Gasteiger partial charge in [-0.15, -0.1) is 0 Å². The topological polar surface area (TPSA) is 63.1 Å². The standard InChI is InChI=1S/C16H20ClN5O/c1-10-11(2)22-7-6-21(9-15(22)19-10)12(3)16(23)20-14-5-4-13(17)8-18-14/h4-5,8,12H,6-7,9H2,1-3H3,(H,18,20,23)/t12-/m0/s1. The predicted molar refractivity (Wildman–Crippen MR) is 89.4 cm³/mol. The molecule has 0 saturated heterocycles. The molecule has 0 saturated carbocycles. The Kier molecular flexibility index (Phi) is 4.37. The minimum absolute atomic E-state index is 0.0757. The molecular formula is C16H20ClN5O. The molecule has 0 spiro atoms. The van der Waals surface area contributed by atoms with E-state index in [1.165, 1.54) is 11.9 Å². The highest BCUT2D eigenvalue weighted by atomic mass is 35.5. The van der Waals surface area contributed by atoms with Gasteiger partial charge in [-0.05, 0) is 32.9 Å². The number of nitrogens with zero attached hydrogens (tertiary/aromatic N) is 4. The number of rotatable bonds is 3. The lowest BCUT2D eigenvalue weighted by atomic mass is 10.2. The number of amides is 1. The van der Waals surface area contributed by atoms with Gasteiger partial charge in [0.25, 0.3) is 0 Å². The van der Waals surface area contributed by atoms with Crippen molar-refractivity contribution in [3.63, 3.8) is 0 Å². The summed E-state index contributed by atoms with van der Waals surface area (Å²) in [6.07, 6.45) is 1.52. The van der Waals surface area contributed by atoms with Gasteiger partial charge in [-0.3, -0.25) is 9.69 Å². The molecule has 1 aliphatic rings. The van der Waals surface area contributed by atoms with Crippen LogP contribution in [0.25, 0.3) is 0 Å². The van der Waals surface area contributed by atoms with Gasteiger partial charge in [0.05, 0.1) is 23.3 Å². The number of nitrogens with one attached hydrogen (secondary N) is 1. The number of carbonyl (C=O) groups excluding carboxylic acids is 1. The maximum Gasteiger partial charge on any atom is 0.242 e. The van der Waals surface area contributed by atoms with Crippen LogP contribution in [0.3, 0.4) is 0 Å². The Morgan fingerprint density at radius 3 is 2.83 bits per heavy atom. The Labute approximate surface area is 140 Å². The first-order valence-electron chi connectivity index (χ1n) is 7.65. The SMILES string of the molecule is Cc1nc2n(c1C)CCN([C@@H](C)C(=O)Nc1ccc(Cl)cn1)C2. The van der Waals surface area contributed by atoms with Crippen LogP contribution in [-0.2, 0) is 17.9 Å². The highest BCUT2D eigenvalue weighted by molar-refractivity contribution is 6.30. The average Bonchev–Trinajstić information content (AvgIpc) is 2.83. The van der Waals surface area contributed by atoms with Crippen LogP contribution in [0.15, 0.2) is 18.3 Å². The second-order valence-corrected chi connectivity index (χ2v) is 6.28. The summed E-state index contributed by atoms with van der Waals surface area (Å²) >= 11 is 5.80. The molecule has 0 fully saturated rings. The van der Waals surface area contributed by atoms with Crippen LogP contribution in [0.1, 0.15) is 24.1 Å². The number of imidazole rings is 1. The molecule has 6 nitrogen and oxygen atoms in total. The molecule has 7 heteroatoms. The van der Waals surface area contributed by atoms with Crippen LogP contribution in [0.5, 0.6) is 0 Å². The van der Waals surface area contributed by atoms with Crippen LogP contribution in [0.4, 0.5) is 5.82 Å². The van der Waals surface area contributed by atoms with Crippen LogP contribution >= 0.6 is 11.6 Å². The number of halogens is 1. The van der Waals surface area contributed by atoms with E-state index in [2.05, 4.69) is 31.7 Å². The third kappa shape index (κ3) is 3.23. The summed E-state index contributed by atoms with van der Waals surface area (Å²) < 4.78 is 2.23. The first-order chi connectivity index (χ1) is 11.0. The van der Waals surface area contributed by atoms with E-state index in [1.807, 2.05) is 13.8 Å². The molecule has 3 heterocycles. The molecule has 0 unspecified atom stereocenters. The zero-order valence-electron chi connectivity index (χ0n) is 13.5. The third-order valence-corrected chi connectivity index (χ3v) is 4.62. The van der Waals surface area contributed by atoms with Crippen molar-refractivity contribution in [2.75, 3.05) is 11.9 Å². The van der Waals surface area contributed by atoms with Gasteiger partial charge >= 0.3 is 0 Å². The molecule has 2 aromatic rings. The van der Waals surface area contributed by atoms with Gasteiger partial charge in [0.15, 0.2) is 0 Å². The monoisotopic (exact) mass is 333 g/mol. The van der Waals surface area contributed by atoms with Crippen molar-refractivity contribution in [1.82, 2.24) is 19.4 Å². The van der Waals surface area contributed by atoms with E-state index in [0.717, 1.165) is 24.6 Å². The normalized spacial score (nSPS) is 16.0. The van der Waals surface area contributed by atoms with Crippen molar-refractivity contribution in [1.29, 1.82) is 0 Å². The predicted octanol–water partition coefficient (Wildman–Crippen LogP) is 2.39. The molecule has 1 atom stereocenters. The number of pyridine rings is 1. The number of hydrogen-bond donors (Lipinski definition) is 1. The fourth-order valence-electron chi connectivity index (χ4n) is 2.81. The van der Waals surface area contributed by atoms with Crippen molar-refractivity contribution in [2.45, 2.75) is 39.9 Å². The van der Waals surface area contributed by atoms with E-state index in [4.69, 9.17) is 11.6 Å². The minimum Gasteiger partial charge on any atom is -0.330 e. The van der Waals surface area contributed by atoms with Gasteiger partial charge in [-0.1, -0.05) is 11.6 Å². The van der Waals surface area contributed by atoms with Crippen molar-refractivity contribution in [2.24, 2.45) is 0 Å². The maximum atomic E-state index is 12.4. The molecule has 0 radical (unpaired) electrons. The van der Waals surface area contributed by atoms with E-state index < -0.39 is 0 Å². The van der Waals surface area contributed by atoms with Gasteiger partial charge in [0.2, 0.25) is 5.91 Å². The second kappa shape index (κ2) is 6.29. The van der Waals surface area contributed by atoms with Crippen LogP contribution in [-0.4, -0.2) is 37.9 Å². The highest BCUT2D eigenvalue weighted by Crippen LogP contribution is 2.19. The Hall–Kier alpha value is -1.92. The van der Waals surface area contributed by atoms with Crippen molar-refractivity contribution < 1.29 is 4.79 Å². The number of aromatic nitrogens is 3. The van der Waals surface area contributed by atoms with Gasteiger partial charge in [-0.2, -0.15) is 0 Å². The number of fused-ring (bicyclic) bond motifs is 1. The summed E-state index contributed by atoms with van der Waals surface area (Å²) in [4.78, 5) is 23.3. The maximum absolute atomic E-state index is 12.4. The van der Waals surface area contributed by atoms with E-state index in [9.17, 15) is 4.79 Å². The summed E-state index contributed by atoms with van der Waals surface area (Å²) in [6, 6.07) is 3.15. The molecule has 122 valence electrons. The summed E-state index contributed by atoms with van der Waals surface area (Å²) in [5, 5.41) is 3.38. The van der Waals surface area contributed by atoms with Gasteiger partial charge in [0.1, 0.15) is 11.6 Å². The Morgan fingerprint density at radius 1 is 1.35 bits per heavy atom. The molecule has 1 amide bonds. The van der Waals surface area contributed by atoms with Crippen molar-refractivity contribution in [3.8, 4) is 0 Å². The first kappa shape index (κ1) is 16.0. The molecule has 1 aliphatic heterocycles. The van der Waals surface area contributed by atoms with Gasteiger partial charge < -0.3 is 9.88 Å². The number of aryl methyl sites for hydroxylation is 1. The fourth-order valence-corrected chi connectivity index (χ4v) is 2.92. The lowest BCUT2D eigenvalue weighted by Gasteiger charge is -2.32. The third-order valence-electron chi connectivity index (χ3n) is 4.40. The molecule has 0 aromatic carbocycles. The van der Waals surface area contributed by atoms with Crippen molar-refractivity contribution >= 4 is 23.3 Å². The van der Waals surface area contributed by atoms with Crippen LogP contribution in [0.2, 0.25) is 5.02 Å². The lowest BCUT2D eigenvalue weighted by Crippen LogP contribution is -2.46. The molecule has 2 aromatic heterocycles. The largest absolute Gasteiger partial charge is 0.330 e. The summed E-state index contributed by atoms with van der Waals surface area (Å²) in [6.45, 7) is 8.38. The average molecular weight is 334 g/mol. The number of hydrogen-bond acceptors (Lipinski definition) is 4. The first-order valence-corrected chi connectivity index (χ1v) is 8.02. The summed E-state index contributed by atoms with van der Waals surface area (Å²) in [7, 11) is 0. The highest BCUT2D eigenvalue weighted by Gasteiger charge is 2.27. The molecule has 23 heavy (non-hydrogen) atoms. The second-order valence-electron chi connectivity index (χ2n) is 5.85. The molecular weight excluding hydrogens is 314 g/mol. The van der Waals surface area contributed by atoms with E-state index in [1.54, 1.807) is 12.1 Å². The minimum atomic E-state index is -0.251. The van der Waals surface area contributed by atoms with E-state index in [0.29, 0.717) is 17.4 Å². The smallest absolute Gasteiger partial charge is 0.242 e. The van der Waals surface area contributed by atoms with Crippen LogP contribution in [0, 0.1) is 13.8 Å². The van der Waals surface area contributed by atoms with Crippen molar-refractivity contribution in [3.05, 3.63) is 40.6 Å². The van der Waals surface area contributed by atoms with Crippen LogP contribution < -0.4 is 5.32 Å². The zero-order chi connectivity index (χ0) is 16.6. The zero-order valence-corrected chi connectivity index (χ0v) is 14.3. The molecule has 0 bridgehead atoms. The quantitative estimate of drug-likeness (QED) is 0.936. The lowest BCUT2D eigenvalue weighted by molar-refractivity contribution is -0.121. The Bertz CT molecular complexity index is 725. The molecule has 3 rings (SSSR count). The van der Waals surface area contributed by atoms with Gasteiger partial charge in [0, 0.05) is 25.0 Å². The Morgan fingerprint density at radius 2 is 2.13 bits per heavy atom. The van der Waals surface area contributed by atoms with E-state index >= 15 is 0 Å². The Balaban J connectivity index is 1.67. The summed E-state index contributed by atoms with van der Waals surface area (Å²) in [5.74, 6) is 1.46. The fraction of sp³-hybridized carbons (Fsp3) is 0.438. The molecule has 0 aliphatic carbocycles. The van der Waals surface area contributed by atoms with Gasteiger partial charge in [-0.25, -0.2) is 9.97 Å². The summed E-state index contributed by atoms with van der Waals surface area (Å²) in [5.41, 5.74) is 2.27. The number of anilines is 1. The van der Waals surface area contributed by atoms with E-state index in [-0.39, 0.29) is 11.9 Å². The molecule has 1 N–H and O–H groups in total.